The first-order valence-electron chi connectivity index (χ1n) is 6.25. The lowest BCUT2D eigenvalue weighted by Gasteiger charge is -2.12. The van der Waals surface area contributed by atoms with Gasteiger partial charge in [-0.05, 0) is 42.0 Å². The van der Waals surface area contributed by atoms with Gasteiger partial charge in [0.15, 0.2) is 9.84 Å². The van der Waals surface area contributed by atoms with Crippen LogP contribution in [0.1, 0.15) is 23.1 Å². The first-order chi connectivity index (χ1) is 8.50. The van der Waals surface area contributed by atoms with Gasteiger partial charge in [0, 0.05) is 19.2 Å². The van der Waals surface area contributed by atoms with Gasteiger partial charge in [0.25, 0.3) is 0 Å². The van der Waals surface area contributed by atoms with Gasteiger partial charge in [0.1, 0.15) is 11.9 Å². The number of ether oxygens (including phenoxy) is 1. The van der Waals surface area contributed by atoms with Crippen molar-refractivity contribution < 1.29 is 13.2 Å². The summed E-state index contributed by atoms with van der Waals surface area (Å²) in [5, 5.41) is 0. The summed E-state index contributed by atoms with van der Waals surface area (Å²) >= 11 is 0. The Morgan fingerprint density at radius 3 is 2.78 bits per heavy atom. The average Bonchev–Trinajstić information content (AvgIpc) is 2.91. The number of hydrogen-bond acceptors (Lipinski definition) is 4. The molecule has 0 saturated carbocycles. The van der Waals surface area contributed by atoms with Crippen molar-refractivity contribution in [2.45, 2.75) is 36.7 Å². The molecule has 0 aromatic heterocycles. The lowest BCUT2D eigenvalue weighted by atomic mass is 10.0. The molecule has 0 saturated heterocycles. The Morgan fingerprint density at radius 2 is 2.11 bits per heavy atom. The van der Waals surface area contributed by atoms with Crippen LogP contribution in [0.25, 0.3) is 0 Å². The summed E-state index contributed by atoms with van der Waals surface area (Å²) in [4.78, 5) is 0.495. The van der Waals surface area contributed by atoms with Gasteiger partial charge in [-0.2, -0.15) is 0 Å². The highest BCUT2D eigenvalue weighted by Gasteiger charge is 2.32. The van der Waals surface area contributed by atoms with Crippen molar-refractivity contribution in [1.29, 1.82) is 0 Å². The summed E-state index contributed by atoms with van der Waals surface area (Å²) in [7, 11) is -3.16. The van der Waals surface area contributed by atoms with E-state index in [9.17, 15) is 8.42 Å². The van der Waals surface area contributed by atoms with Crippen molar-refractivity contribution in [3.63, 3.8) is 0 Å². The van der Waals surface area contributed by atoms with Gasteiger partial charge >= 0.3 is 0 Å². The smallest absolute Gasteiger partial charge is 0.175 e. The van der Waals surface area contributed by atoms with Gasteiger partial charge in [-0.15, -0.1) is 0 Å². The minimum Gasteiger partial charge on any atom is -0.488 e. The second-order valence-corrected chi connectivity index (χ2v) is 7.11. The van der Waals surface area contributed by atoms with Crippen LogP contribution in [0.2, 0.25) is 0 Å². The maximum atomic E-state index is 11.9. The third-order valence-corrected chi connectivity index (χ3v) is 4.94. The van der Waals surface area contributed by atoms with Gasteiger partial charge in [-0.1, -0.05) is 0 Å². The van der Waals surface area contributed by atoms with Crippen molar-refractivity contribution in [1.82, 2.24) is 0 Å². The molecule has 0 fully saturated rings. The summed E-state index contributed by atoms with van der Waals surface area (Å²) in [6.45, 7) is 0.470. The van der Waals surface area contributed by atoms with Gasteiger partial charge < -0.3 is 10.5 Å². The molecule has 1 atom stereocenters. The fourth-order valence-electron chi connectivity index (χ4n) is 2.99. The molecule has 0 bridgehead atoms. The number of nitrogens with two attached hydrogens (primary N) is 1. The SMILES string of the molecule is CS(=O)(=O)c1cc2c(c3c1CCC3)OC(CN)C2. The predicted octanol–water partition coefficient (Wildman–Crippen LogP) is 0.841. The monoisotopic (exact) mass is 267 g/mol. The van der Waals surface area contributed by atoms with Crippen LogP contribution in [0.5, 0.6) is 5.75 Å². The predicted molar refractivity (Wildman–Crippen MR) is 68.8 cm³/mol. The minimum absolute atomic E-state index is 0.000454. The molecule has 1 unspecified atom stereocenters. The zero-order chi connectivity index (χ0) is 12.9. The fourth-order valence-corrected chi connectivity index (χ4v) is 4.01. The molecule has 1 aromatic rings. The van der Waals surface area contributed by atoms with Crippen LogP contribution in [-0.2, 0) is 29.1 Å². The number of hydrogen-bond donors (Lipinski definition) is 1. The Labute approximate surface area is 107 Å². The van der Waals surface area contributed by atoms with Crippen molar-refractivity contribution in [3.05, 3.63) is 22.8 Å². The van der Waals surface area contributed by atoms with Gasteiger partial charge in [0.05, 0.1) is 4.90 Å². The van der Waals surface area contributed by atoms with Crippen LogP contribution < -0.4 is 10.5 Å². The minimum atomic E-state index is -3.16. The standard InChI is InChI=1S/C13H17NO3S/c1-18(15,16)12-6-8-5-9(7-14)17-13(8)11-4-2-3-10(11)12/h6,9H,2-5,7,14H2,1H3. The van der Waals surface area contributed by atoms with Crippen LogP contribution in [0, 0.1) is 0 Å². The zero-order valence-electron chi connectivity index (χ0n) is 10.4. The van der Waals surface area contributed by atoms with E-state index >= 15 is 0 Å². The molecule has 1 aliphatic carbocycles. The largest absolute Gasteiger partial charge is 0.488 e. The van der Waals surface area contributed by atoms with Crippen LogP contribution in [-0.4, -0.2) is 27.3 Å². The van der Waals surface area contributed by atoms with Crippen LogP contribution >= 0.6 is 0 Å². The summed E-state index contributed by atoms with van der Waals surface area (Å²) in [6.07, 6.45) is 4.76. The lowest BCUT2D eigenvalue weighted by Crippen LogP contribution is -2.24. The van der Waals surface area contributed by atoms with E-state index in [0.29, 0.717) is 11.4 Å². The normalized spacial score (nSPS) is 21.6. The summed E-state index contributed by atoms with van der Waals surface area (Å²) < 4.78 is 29.6. The second kappa shape index (κ2) is 3.96. The molecular formula is C13H17NO3S. The molecule has 1 heterocycles. The van der Waals surface area contributed by atoms with E-state index in [-0.39, 0.29) is 6.10 Å². The Morgan fingerprint density at radius 1 is 1.39 bits per heavy atom. The van der Waals surface area contributed by atoms with Gasteiger partial charge in [-0.3, -0.25) is 0 Å². The van der Waals surface area contributed by atoms with E-state index in [4.69, 9.17) is 10.5 Å². The Balaban J connectivity index is 2.20. The molecule has 4 nitrogen and oxygen atoms in total. The maximum absolute atomic E-state index is 11.9. The first-order valence-corrected chi connectivity index (χ1v) is 8.14. The van der Waals surface area contributed by atoms with Crippen LogP contribution in [0.15, 0.2) is 11.0 Å². The second-order valence-electron chi connectivity index (χ2n) is 5.13. The topological polar surface area (TPSA) is 69.4 Å². The molecule has 1 aromatic carbocycles. The number of sulfone groups is 1. The summed E-state index contributed by atoms with van der Waals surface area (Å²) in [6, 6.07) is 1.80. The van der Waals surface area contributed by atoms with Crippen LogP contribution in [0.4, 0.5) is 0 Å². The summed E-state index contributed by atoms with van der Waals surface area (Å²) in [5.74, 6) is 0.908. The number of rotatable bonds is 2. The Hall–Kier alpha value is -1.07. The maximum Gasteiger partial charge on any atom is 0.175 e. The van der Waals surface area contributed by atoms with Gasteiger partial charge in [-0.25, -0.2) is 8.42 Å². The molecule has 98 valence electrons. The van der Waals surface area contributed by atoms with E-state index in [0.717, 1.165) is 48.1 Å². The molecule has 3 rings (SSSR count). The third kappa shape index (κ3) is 1.73. The number of benzene rings is 1. The fraction of sp³-hybridized carbons (Fsp3) is 0.538. The van der Waals surface area contributed by atoms with Crippen molar-refractivity contribution in [2.75, 3.05) is 12.8 Å². The molecule has 0 amide bonds. The molecule has 5 heteroatoms. The molecule has 0 radical (unpaired) electrons. The molecule has 1 aliphatic heterocycles. The molecule has 2 N–H and O–H groups in total. The van der Waals surface area contributed by atoms with Crippen molar-refractivity contribution in [3.8, 4) is 5.75 Å². The highest BCUT2D eigenvalue weighted by atomic mass is 32.2. The zero-order valence-corrected chi connectivity index (χ0v) is 11.2. The number of fused-ring (bicyclic) bond motifs is 3. The first kappa shape index (κ1) is 12.0. The van der Waals surface area contributed by atoms with Gasteiger partial charge in [0.2, 0.25) is 0 Å². The van der Waals surface area contributed by atoms with E-state index in [2.05, 4.69) is 0 Å². The lowest BCUT2D eigenvalue weighted by molar-refractivity contribution is 0.239. The Kier molecular flexibility index (Phi) is 2.64. The highest BCUT2D eigenvalue weighted by Crippen LogP contribution is 2.42. The summed E-state index contributed by atoms with van der Waals surface area (Å²) in [5.41, 5.74) is 8.71. The molecular weight excluding hydrogens is 250 g/mol. The van der Waals surface area contributed by atoms with Crippen molar-refractivity contribution in [2.24, 2.45) is 5.73 Å². The van der Waals surface area contributed by atoms with Crippen molar-refractivity contribution >= 4 is 9.84 Å². The third-order valence-electron chi connectivity index (χ3n) is 3.78. The molecule has 18 heavy (non-hydrogen) atoms. The van der Waals surface area contributed by atoms with E-state index in [1.165, 1.54) is 6.26 Å². The Bertz CT molecular complexity index is 607. The van der Waals surface area contributed by atoms with Crippen LogP contribution in [0.3, 0.4) is 0 Å². The van der Waals surface area contributed by atoms with E-state index in [1.54, 1.807) is 6.07 Å². The quantitative estimate of drug-likeness (QED) is 0.862. The molecule has 0 spiro atoms. The average molecular weight is 267 g/mol. The molecule has 2 aliphatic rings. The van der Waals surface area contributed by atoms with E-state index in [1.807, 2.05) is 0 Å². The highest BCUT2D eigenvalue weighted by molar-refractivity contribution is 7.90. The van der Waals surface area contributed by atoms with E-state index < -0.39 is 9.84 Å².